The van der Waals surface area contributed by atoms with E-state index in [0.29, 0.717) is 35.8 Å². The number of benzene rings is 3. The molecule has 0 unspecified atom stereocenters. The van der Waals surface area contributed by atoms with Crippen molar-refractivity contribution in [3.63, 3.8) is 0 Å². The summed E-state index contributed by atoms with van der Waals surface area (Å²) in [6.45, 7) is 2.87. The number of hydrogen-bond acceptors (Lipinski definition) is 6. The summed E-state index contributed by atoms with van der Waals surface area (Å²) in [4.78, 5) is 24.0. The fourth-order valence-electron chi connectivity index (χ4n) is 3.74. The number of ether oxygens (including phenoxy) is 3. The van der Waals surface area contributed by atoms with Crippen molar-refractivity contribution in [1.29, 1.82) is 0 Å². The number of amides is 1. The number of hydrogen-bond donors (Lipinski definition) is 1. The molecule has 0 saturated carbocycles. The van der Waals surface area contributed by atoms with Crippen LogP contribution in [-0.2, 0) is 22.6 Å². The van der Waals surface area contributed by atoms with Gasteiger partial charge >= 0.3 is 51.4 Å². The number of carbonyl (C=O) groups is 2. The summed E-state index contributed by atoms with van der Waals surface area (Å²) in [6.07, 6.45) is -0.161. The zero-order valence-corrected chi connectivity index (χ0v) is 24.2. The molecule has 3 aromatic carbocycles. The third-order valence-electron chi connectivity index (χ3n) is 5.50. The molecule has 7 nitrogen and oxygen atoms in total. The second kappa shape index (κ2) is 14.6. The Bertz CT molecular complexity index is 1190. The molecule has 3 aromatic rings. The SMILES string of the molecule is CCOCc1cc(OC)c(-c2ccc(C[C@H](NC(=O)c3c(F)cccc3F)C(=O)[O-])cc2)c(OC)c1.[K+]. The van der Waals surface area contributed by atoms with Crippen LogP contribution in [-0.4, -0.2) is 38.7 Å². The number of halogens is 2. The van der Waals surface area contributed by atoms with Crippen LogP contribution in [0.4, 0.5) is 8.78 Å². The van der Waals surface area contributed by atoms with Gasteiger partial charge in [-0.1, -0.05) is 30.3 Å². The van der Waals surface area contributed by atoms with Gasteiger partial charge in [0.2, 0.25) is 0 Å². The van der Waals surface area contributed by atoms with Crippen molar-refractivity contribution in [2.45, 2.75) is 26.0 Å². The van der Waals surface area contributed by atoms with Gasteiger partial charge in [0.1, 0.15) is 28.7 Å². The molecule has 190 valence electrons. The fourth-order valence-corrected chi connectivity index (χ4v) is 3.74. The molecule has 3 rings (SSSR count). The predicted octanol–water partition coefficient (Wildman–Crippen LogP) is 0.281. The maximum absolute atomic E-state index is 13.9. The molecule has 0 aliphatic heterocycles. The second-order valence-electron chi connectivity index (χ2n) is 7.86. The molecular formula is C27H26F2KNO6. The van der Waals surface area contributed by atoms with E-state index in [4.69, 9.17) is 14.2 Å². The molecule has 0 saturated heterocycles. The first-order chi connectivity index (χ1) is 17.3. The molecular weight excluding hydrogens is 511 g/mol. The minimum atomic E-state index is -1.59. The van der Waals surface area contributed by atoms with Gasteiger partial charge in [-0.15, -0.1) is 0 Å². The van der Waals surface area contributed by atoms with Crippen molar-refractivity contribution in [3.8, 4) is 22.6 Å². The van der Waals surface area contributed by atoms with Gasteiger partial charge in [0.15, 0.2) is 0 Å². The Balaban J connectivity index is 0.00000481. The molecule has 1 amide bonds. The Hall–Kier alpha value is -2.34. The van der Waals surface area contributed by atoms with E-state index in [1.165, 1.54) is 0 Å². The van der Waals surface area contributed by atoms with Gasteiger partial charge < -0.3 is 29.4 Å². The first kappa shape index (κ1) is 30.9. The molecule has 0 aliphatic carbocycles. The van der Waals surface area contributed by atoms with E-state index >= 15 is 0 Å². The Morgan fingerprint density at radius 1 is 0.946 bits per heavy atom. The van der Waals surface area contributed by atoms with Crippen LogP contribution in [0.1, 0.15) is 28.4 Å². The minimum absolute atomic E-state index is 0. The average Bonchev–Trinajstić information content (AvgIpc) is 2.86. The third kappa shape index (κ3) is 7.82. The van der Waals surface area contributed by atoms with Crippen molar-refractivity contribution < 1.29 is 89.1 Å². The maximum atomic E-state index is 13.9. The van der Waals surface area contributed by atoms with Gasteiger partial charge in [0.25, 0.3) is 5.91 Å². The van der Waals surface area contributed by atoms with Crippen LogP contribution in [0.5, 0.6) is 11.5 Å². The molecule has 0 heterocycles. The molecule has 0 spiro atoms. The van der Waals surface area contributed by atoms with Crippen LogP contribution in [0.3, 0.4) is 0 Å². The summed E-state index contributed by atoms with van der Waals surface area (Å²) in [5.74, 6) is -3.81. The van der Waals surface area contributed by atoms with Crippen LogP contribution in [0.2, 0.25) is 0 Å². The summed E-state index contributed by atoms with van der Waals surface area (Å²) in [5, 5.41) is 13.8. The maximum Gasteiger partial charge on any atom is 1.00 e. The van der Waals surface area contributed by atoms with Crippen LogP contribution >= 0.6 is 0 Å². The van der Waals surface area contributed by atoms with Gasteiger partial charge in [0, 0.05) is 6.61 Å². The Labute approximate surface area is 256 Å². The van der Waals surface area contributed by atoms with Gasteiger partial charge in [-0.3, -0.25) is 4.79 Å². The summed E-state index contributed by atoms with van der Waals surface area (Å²) < 4.78 is 44.4. The van der Waals surface area contributed by atoms with Crippen molar-refractivity contribution in [2.75, 3.05) is 20.8 Å². The van der Waals surface area contributed by atoms with Crippen LogP contribution in [0.25, 0.3) is 11.1 Å². The fraction of sp³-hybridized carbons (Fsp3) is 0.259. The van der Waals surface area contributed by atoms with E-state index in [2.05, 4.69) is 5.32 Å². The van der Waals surface area contributed by atoms with Crippen LogP contribution in [0, 0.1) is 11.6 Å². The molecule has 37 heavy (non-hydrogen) atoms. The van der Waals surface area contributed by atoms with Gasteiger partial charge in [-0.05, 0) is 54.3 Å². The van der Waals surface area contributed by atoms with Gasteiger partial charge in [0.05, 0.1) is 38.4 Å². The van der Waals surface area contributed by atoms with Crippen molar-refractivity contribution >= 4 is 11.9 Å². The predicted molar refractivity (Wildman–Crippen MR) is 127 cm³/mol. The first-order valence-electron chi connectivity index (χ1n) is 11.2. The van der Waals surface area contributed by atoms with E-state index in [1.807, 2.05) is 19.1 Å². The largest absolute Gasteiger partial charge is 1.00 e. The van der Waals surface area contributed by atoms with Crippen molar-refractivity contribution in [2.24, 2.45) is 0 Å². The molecule has 10 heteroatoms. The first-order valence-corrected chi connectivity index (χ1v) is 11.2. The number of carbonyl (C=O) groups excluding carboxylic acids is 2. The number of rotatable bonds is 11. The quantitative estimate of drug-likeness (QED) is 0.353. The molecule has 1 N–H and O–H groups in total. The zero-order chi connectivity index (χ0) is 26.2. The zero-order valence-electron chi connectivity index (χ0n) is 21.1. The van der Waals surface area contributed by atoms with E-state index in [9.17, 15) is 23.5 Å². The third-order valence-corrected chi connectivity index (χ3v) is 5.50. The minimum Gasteiger partial charge on any atom is -0.548 e. The standard InChI is InChI=1S/C27H27F2NO6.K/c1-4-36-15-17-13-22(34-2)24(23(14-17)35-3)18-10-8-16(9-11-18)12-21(27(32)33)30-26(31)25-19(28)6-5-7-20(25)29;/h5-11,13-14,21H,4,12,15H2,1-3H3,(H,30,31)(H,32,33);/q;+1/p-1/t21-;/m0./s1. The second-order valence-corrected chi connectivity index (χ2v) is 7.86. The number of carboxylic acids is 1. The van der Waals surface area contributed by atoms with E-state index < -0.39 is 35.1 Å². The Morgan fingerprint density at radius 2 is 1.51 bits per heavy atom. The molecule has 0 fully saturated rings. The van der Waals surface area contributed by atoms with Gasteiger partial charge in [-0.2, -0.15) is 0 Å². The molecule has 1 atom stereocenters. The number of nitrogens with one attached hydrogen (secondary N) is 1. The number of carboxylic acid groups (broad SMARTS) is 1. The number of aliphatic carboxylic acids is 1. The van der Waals surface area contributed by atoms with E-state index in [1.54, 1.807) is 38.5 Å². The Kier molecular flexibility index (Phi) is 12.1. The normalized spacial score (nSPS) is 11.3. The smallest absolute Gasteiger partial charge is 0.548 e. The summed E-state index contributed by atoms with van der Waals surface area (Å²) >= 11 is 0. The molecule has 0 aliphatic rings. The van der Waals surface area contributed by atoms with Gasteiger partial charge in [-0.25, -0.2) is 8.78 Å². The van der Waals surface area contributed by atoms with Crippen molar-refractivity contribution in [1.82, 2.24) is 5.32 Å². The Morgan fingerprint density at radius 3 is 2.00 bits per heavy atom. The van der Waals surface area contributed by atoms with Crippen LogP contribution < -0.4 is 71.3 Å². The molecule has 0 radical (unpaired) electrons. The molecule has 0 bridgehead atoms. The summed E-state index contributed by atoms with van der Waals surface area (Å²) in [7, 11) is 3.09. The topological polar surface area (TPSA) is 96.9 Å². The average molecular weight is 538 g/mol. The van der Waals surface area contributed by atoms with Crippen molar-refractivity contribution in [3.05, 3.63) is 82.9 Å². The van der Waals surface area contributed by atoms with Crippen LogP contribution in [0.15, 0.2) is 54.6 Å². The summed E-state index contributed by atoms with van der Waals surface area (Å²) in [6, 6.07) is 12.0. The number of methoxy groups -OCH3 is 2. The van der Waals surface area contributed by atoms with E-state index in [0.717, 1.165) is 29.3 Å². The van der Waals surface area contributed by atoms with E-state index in [-0.39, 0.29) is 57.8 Å². The summed E-state index contributed by atoms with van der Waals surface area (Å²) in [5.41, 5.74) is 2.02. The molecule has 0 aromatic heterocycles. The monoisotopic (exact) mass is 537 g/mol.